The predicted molar refractivity (Wildman–Crippen MR) is 90.2 cm³/mol. The largest absolute Gasteiger partial charge is 0.453 e. The molecule has 1 heterocycles. The van der Waals surface area contributed by atoms with Crippen LogP contribution in [0.5, 0.6) is 0 Å². The number of nitrogens with zero attached hydrogens (tertiary/aromatic N) is 2. The van der Waals surface area contributed by atoms with Crippen LogP contribution in [-0.4, -0.2) is 18.5 Å². The lowest BCUT2D eigenvalue weighted by atomic mass is 10.3. The van der Waals surface area contributed by atoms with Crippen molar-refractivity contribution in [2.24, 2.45) is 15.7 Å². The van der Waals surface area contributed by atoms with E-state index >= 15 is 0 Å². The maximum atomic E-state index is 11.2. The van der Waals surface area contributed by atoms with Crippen LogP contribution in [0.3, 0.4) is 0 Å². The van der Waals surface area contributed by atoms with Crippen molar-refractivity contribution in [3.8, 4) is 0 Å². The third kappa shape index (κ3) is 8.82. The fourth-order valence-electron chi connectivity index (χ4n) is 1.16. The van der Waals surface area contributed by atoms with Crippen molar-refractivity contribution in [1.29, 1.82) is 0 Å². The van der Waals surface area contributed by atoms with Gasteiger partial charge in [-0.25, -0.2) is 4.99 Å². The number of nitrogens with two attached hydrogens (primary N) is 1. The molecule has 0 fully saturated rings. The summed E-state index contributed by atoms with van der Waals surface area (Å²) in [6.07, 6.45) is 25.5. The molecular formula is C17H17N3O2. The number of rotatable bonds is 1. The van der Waals surface area contributed by atoms with Crippen LogP contribution in [0, 0.1) is 0 Å². The highest BCUT2D eigenvalue weighted by atomic mass is 16.5. The molecule has 1 aliphatic rings. The van der Waals surface area contributed by atoms with E-state index in [1.807, 2.05) is 42.5 Å². The van der Waals surface area contributed by atoms with E-state index in [1.165, 1.54) is 18.7 Å². The Morgan fingerprint density at radius 3 is 2.00 bits per heavy atom. The van der Waals surface area contributed by atoms with Crippen LogP contribution in [-0.2, 0) is 9.53 Å². The van der Waals surface area contributed by atoms with Crippen molar-refractivity contribution in [3.05, 3.63) is 85.0 Å². The number of allylic oxidation sites excluding steroid dienone is 11. The normalized spacial score (nSPS) is 15.7. The number of amides is 1. The average Bonchev–Trinajstić information content (AvgIpc) is 2.50. The molecule has 0 bridgehead atoms. The molecule has 1 aliphatic heterocycles. The molecule has 0 unspecified atom stereocenters. The first-order valence-electron chi connectivity index (χ1n) is 6.50. The monoisotopic (exact) mass is 295 g/mol. The summed E-state index contributed by atoms with van der Waals surface area (Å²) in [7, 11) is 0. The maximum Gasteiger partial charge on any atom is 0.269 e. The first-order chi connectivity index (χ1) is 10.8. The Morgan fingerprint density at radius 1 is 0.864 bits per heavy atom. The van der Waals surface area contributed by atoms with Crippen molar-refractivity contribution in [2.75, 3.05) is 0 Å². The van der Waals surface area contributed by atoms with E-state index in [1.54, 1.807) is 24.3 Å². The summed E-state index contributed by atoms with van der Waals surface area (Å²) in [6.45, 7) is 0. The van der Waals surface area contributed by atoms with Crippen LogP contribution >= 0.6 is 0 Å². The number of primary amides is 1. The first-order valence-corrected chi connectivity index (χ1v) is 6.50. The van der Waals surface area contributed by atoms with E-state index in [4.69, 9.17) is 10.5 Å². The van der Waals surface area contributed by atoms with Gasteiger partial charge in [0.15, 0.2) is 6.40 Å². The molecule has 5 heteroatoms. The Balaban J connectivity index is 2.86. The summed E-state index contributed by atoms with van der Waals surface area (Å²) in [5.41, 5.74) is 5.17. The van der Waals surface area contributed by atoms with Gasteiger partial charge < -0.3 is 10.5 Å². The molecule has 2 N–H and O–H groups in total. The summed E-state index contributed by atoms with van der Waals surface area (Å²) >= 11 is 0. The van der Waals surface area contributed by atoms with Gasteiger partial charge in [0.25, 0.3) is 5.91 Å². The summed E-state index contributed by atoms with van der Waals surface area (Å²) < 4.78 is 4.99. The number of aliphatic imine (C=N–C) groups is 2. The molecule has 22 heavy (non-hydrogen) atoms. The van der Waals surface area contributed by atoms with Crippen LogP contribution in [0.1, 0.15) is 0 Å². The SMILES string of the molecule is NC(=O)C1=CN=CC=CC=CC=CC=CC=CC=COC=N1. The van der Waals surface area contributed by atoms with Gasteiger partial charge in [-0.3, -0.25) is 9.79 Å². The van der Waals surface area contributed by atoms with Gasteiger partial charge in [-0.1, -0.05) is 54.7 Å². The first kappa shape index (κ1) is 16.8. The third-order valence-corrected chi connectivity index (χ3v) is 2.14. The highest BCUT2D eigenvalue weighted by molar-refractivity contribution is 5.92. The van der Waals surface area contributed by atoms with E-state index < -0.39 is 5.91 Å². The summed E-state index contributed by atoms with van der Waals surface area (Å²) in [5, 5.41) is 0. The van der Waals surface area contributed by atoms with Gasteiger partial charge in [0.1, 0.15) is 5.70 Å². The molecule has 1 amide bonds. The molecule has 112 valence electrons. The van der Waals surface area contributed by atoms with Gasteiger partial charge in [0.05, 0.1) is 12.5 Å². The molecule has 0 saturated carbocycles. The van der Waals surface area contributed by atoms with Gasteiger partial charge in [-0.05, 0) is 12.2 Å². The molecule has 0 aromatic rings. The quantitative estimate of drug-likeness (QED) is 0.807. The summed E-state index contributed by atoms with van der Waals surface area (Å²) in [6, 6.07) is 0. The Hall–Kier alpha value is -3.21. The molecule has 0 radical (unpaired) electrons. The highest BCUT2D eigenvalue weighted by Gasteiger charge is 2.00. The molecule has 0 saturated heterocycles. The fourth-order valence-corrected chi connectivity index (χ4v) is 1.16. The topological polar surface area (TPSA) is 77.0 Å². The molecule has 0 aromatic heterocycles. The zero-order chi connectivity index (χ0) is 15.9. The number of ether oxygens (including phenoxy) is 1. The van der Waals surface area contributed by atoms with E-state index in [0.717, 1.165) is 6.40 Å². The number of hydrogen-bond donors (Lipinski definition) is 1. The van der Waals surface area contributed by atoms with E-state index in [-0.39, 0.29) is 5.70 Å². The summed E-state index contributed by atoms with van der Waals surface area (Å²) in [4.78, 5) is 18.9. The fraction of sp³-hybridized carbons (Fsp3) is 0. The van der Waals surface area contributed by atoms with Crippen LogP contribution in [0.4, 0.5) is 0 Å². The van der Waals surface area contributed by atoms with Crippen molar-refractivity contribution < 1.29 is 9.53 Å². The number of carbonyl (C=O) groups is 1. The lowest BCUT2D eigenvalue weighted by Gasteiger charge is -1.92. The van der Waals surface area contributed by atoms with E-state index in [0.29, 0.717) is 0 Å². The van der Waals surface area contributed by atoms with Gasteiger partial charge in [0.2, 0.25) is 0 Å². The molecule has 5 nitrogen and oxygen atoms in total. The minimum absolute atomic E-state index is 0.00656. The molecule has 0 aliphatic carbocycles. The zero-order valence-corrected chi connectivity index (χ0v) is 11.9. The van der Waals surface area contributed by atoms with Gasteiger partial charge in [0, 0.05) is 6.21 Å². The Bertz CT molecular complexity index is 616. The van der Waals surface area contributed by atoms with Crippen molar-refractivity contribution in [1.82, 2.24) is 0 Å². The van der Waals surface area contributed by atoms with E-state index in [2.05, 4.69) is 9.98 Å². The van der Waals surface area contributed by atoms with Crippen LogP contribution in [0.2, 0.25) is 0 Å². The minimum Gasteiger partial charge on any atom is -0.453 e. The molecule has 0 aromatic carbocycles. The van der Waals surface area contributed by atoms with Crippen LogP contribution < -0.4 is 5.73 Å². The Kier molecular flexibility index (Phi) is 8.88. The number of carbonyl (C=O) groups excluding carboxylic acids is 1. The van der Waals surface area contributed by atoms with Crippen LogP contribution in [0.25, 0.3) is 0 Å². The standard InChI is InChI=1S/C17H17N3O2/c18-17(21)16-14-19-12-10-8-6-4-2-1-3-5-7-9-11-13-22-15-20-16/h1-15H,(H2,18,21). The predicted octanol–water partition coefficient (Wildman–Crippen LogP) is 2.74. The van der Waals surface area contributed by atoms with Crippen molar-refractivity contribution >= 4 is 18.5 Å². The Labute approximate surface area is 129 Å². The van der Waals surface area contributed by atoms with Gasteiger partial charge in [-0.15, -0.1) is 0 Å². The Morgan fingerprint density at radius 2 is 1.41 bits per heavy atom. The molecule has 1 rings (SSSR count). The van der Waals surface area contributed by atoms with Gasteiger partial charge in [-0.2, -0.15) is 0 Å². The zero-order valence-electron chi connectivity index (χ0n) is 11.9. The second kappa shape index (κ2) is 11.6. The lowest BCUT2D eigenvalue weighted by Crippen LogP contribution is -2.12. The smallest absolute Gasteiger partial charge is 0.269 e. The van der Waals surface area contributed by atoms with Gasteiger partial charge >= 0.3 is 0 Å². The molecule has 0 atom stereocenters. The highest BCUT2D eigenvalue weighted by Crippen LogP contribution is 1.95. The minimum atomic E-state index is -0.689. The molecular weight excluding hydrogens is 278 g/mol. The third-order valence-electron chi connectivity index (χ3n) is 2.14. The van der Waals surface area contributed by atoms with Crippen molar-refractivity contribution in [3.63, 3.8) is 0 Å². The van der Waals surface area contributed by atoms with Crippen LogP contribution in [0.15, 0.2) is 95.0 Å². The van der Waals surface area contributed by atoms with Crippen molar-refractivity contribution in [2.45, 2.75) is 0 Å². The lowest BCUT2D eigenvalue weighted by molar-refractivity contribution is -0.114. The molecule has 0 spiro atoms. The van der Waals surface area contributed by atoms with E-state index in [9.17, 15) is 4.79 Å². The average molecular weight is 295 g/mol. The maximum absolute atomic E-state index is 11.2. The summed E-state index contributed by atoms with van der Waals surface area (Å²) in [5.74, 6) is -0.689. The second-order valence-electron chi connectivity index (χ2n) is 3.80. The second-order valence-corrected chi connectivity index (χ2v) is 3.80. The number of hydrogen-bond acceptors (Lipinski definition) is 4.